The third kappa shape index (κ3) is 12.7. The van der Waals surface area contributed by atoms with Gasteiger partial charge in [-0.15, -0.1) is 0 Å². The smallest absolute Gasteiger partial charge is 0.192 e. The zero-order valence-electron chi connectivity index (χ0n) is 37.5. The molecule has 3 aliphatic heterocycles. The molecular formula is C45H78O9SSi2. The van der Waals surface area contributed by atoms with E-state index in [0.29, 0.717) is 24.3 Å². The van der Waals surface area contributed by atoms with Gasteiger partial charge in [0.1, 0.15) is 0 Å². The van der Waals surface area contributed by atoms with Gasteiger partial charge in [-0.2, -0.15) is 0 Å². The third-order valence-corrected chi connectivity index (χ3v) is 24.7. The van der Waals surface area contributed by atoms with E-state index in [2.05, 4.69) is 87.8 Å². The second-order valence-electron chi connectivity index (χ2n) is 20.2. The van der Waals surface area contributed by atoms with Gasteiger partial charge < -0.3 is 32.9 Å². The van der Waals surface area contributed by atoms with Gasteiger partial charge in [0.25, 0.3) is 0 Å². The second-order valence-corrected chi connectivity index (χ2v) is 31.8. The van der Waals surface area contributed by atoms with E-state index in [9.17, 15) is 13.5 Å². The van der Waals surface area contributed by atoms with Crippen LogP contribution in [0, 0.1) is 11.8 Å². The Kier molecular flexibility index (Phi) is 16.7. The molecule has 0 saturated carbocycles. The van der Waals surface area contributed by atoms with E-state index in [1.165, 1.54) is 0 Å². The molecule has 9 nitrogen and oxygen atoms in total. The van der Waals surface area contributed by atoms with Gasteiger partial charge in [-0.1, -0.05) is 79.8 Å². The van der Waals surface area contributed by atoms with Crippen LogP contribution >= 0.6 is 0 Å². The summed E-state index contributed by atoms with van der Waals surface area (Å²) in [6.07, 6.45) is 4.12. The van der Waals surface area contributed by atoms with Crippen molar-refractivity contribution in [2.45, 2.75) is 190 Å². The third-order valence-electron chi connectivity index (χ3n) is 13.8. The van der Waals surface area contributed by atoms with Gasteiger partial charge in [-0.05, 0) is 104 Å². The van der Waals surface area contributed by atoms with E-state index in [4.69, 9.17) is 27.8 Å². The predicted molar refractivity (Wildman–Crippen MR) is 235 cm³/mol. The second kappa shape index (κ2) is 19.7. The Labute approximate surface area is 348 Å². The molecule has 10 atom stereocenters. The minimum absolute atomic E-state index is 0.000157. The number of aliphatic hydroxyl groups is 1. The maximum Gasteiger partial charge on any atom is 0.192 e. The van der Waals surface area contributed by atoms with Crippen molar-refractivity contribution in [2.75, 3.05) is 26.1 Å². The monoisotopic (exact) mass is 850 g/mol. The fraction of sp³-hybridized carbons (Fsp3) is 0.778. The highest BCUT2D eigenvalue weighted by molar-refractivity contribution is 7.91. The molecule has 1 N–H and O–H groups in total. The van der Waals surface area contributed by atoms with Crippen LogP contribution in [-0.2, 0) is 37.6 Å². The molecule has 1 unspecified atom stereocenters. The van der Waals surface area contributed by atoms with Crippen molar-refractivity contribution in [3.8, 4) is 0 Å². The lowest BCUT2D eigenvalue weighted by atomic mass is 9.83. The molecule has 326 valence electrons. The number of ether oxygens (including phenoxy) is 4. The topological polar surface area (TPSA) is 110 Å². The van der Waals surface area contributed by atoms with Crippen LogP contribution in [-0.4, -0.2) is 105 Å². The highest BCUT2D eigenvalue weighted by Crippen LogP contribution is 2.44. The quantitative estimate of drug-likeness (QED) is 0.108. The van der Waals surface area contributed by atoms with Gasteiger partial charge in [0.15, 0.2) is 26.5 Å². The molecule has 0 radical (unpaired) electrons. The Morgan fingerprint density at radius 2 is 1.51 bits per heavy atom. The van der Waals surface area contributed by atoms with Crippen molar-refractivity contribution in [3.63, 3.8) is 0 Å². The summed E-state index contributed by atoms with van der Waals surface area (Å²) >= 11 is 0. The molecule has 57 heavy (non-hydrogen) atoms. The Hall–Kier alpha value is -1.20. The van der Waals surface area contributed by atoms with Gasteiger partial charge in [0, 0.05) is 32.5 Å². The first-order valence-electron chi connectivity index (χ1n) is 21.4. The van der Waals surface area contributed by atoms with Gasteiger partial charge >= 0.3 is 0 Å². The molecule has 3 aliphatic rings. The average Bonchev–Trinajstić information content (AvgIpc) is 3.63. The highest BCUT2D eigenvalue weighted by atomic mass is 32.2. The van der Waals surface area contributed by atoms with Crippen LogP contribution in [0.5, 0.6) is 0 Å². The summed E-state index contributed by atoms with van der Waals surface area (Å²) in [5, 5.41) is 9.32. The summed E-state index contributed by atoms with van der Waals surface area (Å²) in [6, 6.07) is 8.68. The van der Waals surface area contributed by atoms with E-state index >= 15 is 0 Å². The van der Waals surface area contributed by atoms with Gasteiger partial charge in [-0.25, -0.2) is 8.42 Å². The lowest BCUT2D eigenvalue weighted by molar-refractivity contribution is -0.0782. The van der Waals surface area contributed by atoms with E-state index in [-0.39, 0.29) is 58.9 Å². The van der Waals surface area contributed by atoms with Gasteiger partial charge in [0.05, 0.1) is 66.1 Å². The lowest BCUT2D eigenvalue weighted by Crippen LogP contribution is -2.49. The number of hydrogen-bond acceptors (Lipinski definition) is 9. The van der Waals surface area contributed by atoms with Crippen LogP contribution < -0.4 is 0 Å². The van der Waals surface area contributed by atoms with Gasteiger partial charge in [0.2, 0.25) is 0 Å². The molecule has 4 rings (SSSR count). The van der Waals surface area contributed by atoms with Crippen LogP contribution in [0.25, 0.3) is 0 Å². The number of hydrogen-bond donors (Lipinski definition) is 1. The zero-order chi connectivity index (χ0) is 42.6. The predicted octanol–water partition coefficient (Wildman–Crippen LogP) is 9.67. The largest absolute Gasteiger partial charge is 0.414 e. The minimum Gasteiger partial charge on any atom is -0.414 e. The average molecular weight is 851 g/mol. The van der Waals surface area contributed by atoms with E-state index in [1.807, 2.05) is 6.07 Å². The normalized spacial score (nSPS) is 29.9. The number of rotatable bonds is 19. The van der Waals surface area contributed by atoms with Crippen LogP contribution in [0.15, 0.2) is 59.5 Å². The van der Waals surface area contributed by atoms with Crippen molar-refractivity contribution in [2.24, 2.45) is 11.8 Å². The fourth-order valence-corrected chi connectivity index (χ4v) is 12.1. The first-order chi connectivity index (χ1) is 26.4. The lowest BCUT2D eigenvalue weighted by Gasteiger charge is -2.42. The Morgan fingerprint density at radius 3 is 2.11 bits per heavy atom. The Bertz CT molecular complexity index is 1570. The molecule has 1 aromatic carbocycles. The van der Waals surface area contributed by atoms with Crippen molar-refractivity contribution in [3.05, 3.63) is 54.6 Å². The molecule has 3 fully saturated rings. The zero-order valence-corrected chi connectivity index (χ0v) is 40.3. The summed E-state index contributed by atoms with van der Waals surface area (Å²) in [6.45, 7) is 34.2. The maximum atomic E-state index is 14.1. The Balaban J connectivity index is 1.59. The fourth-order valence-electron chi connectivity index (χ4n) is 8.08. The first-order valence-corrected chi connectivity index (χ1v) is 28.9. The number of benzene rings is 1. The van der Waals surface area contributed by atoms with Crippen LogP contribution in [0.3, 0.4) is 0 Å². The summed E-state index contributed by atoms with van der Waals surface area (Å²) in [7, 11) is -6.35. The van der Waals surface area contributed by atoms with Crippen molar-refractivity contribution in [1.29, 1.82) is 0 Å². The summed E-state index contributed by atoms with van der Waals surface area (Å²) in [5.74, 6) is -0.324. The van der Waals surface area contributed by atoms with Crippen molar-refractivity contribution >= 4 is 26.5 Å². The molecule has 0 spiro atoms. The molecule has 1 aromatic rings. The molecule has 3 saturated heterocycles. The summed E-state index contributed by atoms with van der Waals surface area (Å²) < 4.78 is 68.6. The standard InChI is InChI=1S/C45H78O9SSi2/c1-31-25-35(22-23-39-32(2)26-34(51-39)19-18-24-46)52-40(33(31)3)28-41-38(30-55(47,48)37-20-16-15-17-21-37)43(49-10)42(53-41)27-36(54-57(13,14)45(7,8)9)29-50-56(11,12)44(4,5)6/h15-17,20-21,31,34-36,38-43,46H,2-3,18-19,22-30H2,1,4-14H3/t31-,34+,35+,36+,38+,39+,40-,41+,42?,43-/m1/s1. The van der Waals surface area contributed by atoms with E-state index < -0.39 is 50.7 Å². The summed E-state index contributed by atoms with van der Waals surface area (Å²) in [5.41, 5.74) is 2.14. The molecule has 12 heteroatoms. The maximum absolute atomic E-state index is 14.1. The van der Waals surface area contributed by atoms with Gasteiger partial charge in [-0.3, -0.25) is 0 Å². The number of methoxy groups -OCH3 is 1. The first kappa shape index (κ1) is 48.5. The molecule has 0 bridgehead atoms. The van der Waals surface area contributed by atoms with Crippen LogP contribution in [0.4, 0.5) is 0 Å². The van der Waals surface area contributed by atoms with Crippen LogP contribution in [0.2, 0.25) is 36.3 Å². The van der Waals surface area contributed by atoms with Crippen molar-refractivity contribution in [1.82, 2.24) is 0 Å². The number of aliphatic hydroxyl groups excluding tert-OH is 1. The Morgan fingerprint density at radius 1 is 0.877 bits per heavy atom. The van der Waals surface area contributed by atoms with E-state index in [1.54, 1.807) is 31.4 Å². The van der Waals surface area contributed by atoms with Crippen LogP contribution in [0.1, 0.15) is 99.8 Å². The molecule has 0 aromatic heterocycles. The molecule has 0 amide bonds. The van der Waals surface area contributed by atoms with Crippen molar-refractivity contribution < 1.29 is 41.3 Å². The highest BCUT2D eigenvalue weighted by Gasteiger charge is 2.50. The summed E-state index contributed by atoms with van der Waals surface area (Å²) in [4.78, 5) is 0.297. The minimum atomic E-state index is -3.68. The molecule has 3 heterocycles. The molecule has 0 aliphatic carbocycles. The van der Waals surface area contributed by atoms with E-state index in [0.717, 1.165) is 49.7 Å². The SMILES string of the molecule is C=C1C[C@H](CCCO)O[C@H]1CC[C@H]1C[C@@H](C)C(=C)[C@@H](C[C@@H]2OC(C[C@@H](CO[Si](C)(C)C(C)(C)C)O[Si](C)(C)C(C)(C)C)[C@H](OC)[C@H]2CS(=O)(=O)c2ccccc2)O1. The molecular weight excluding hydrogens is 773 g/mol. The number of sulfone groups is 1.